The first kappa shape index (κ1) is 13.8. The Morgan fingerprint density at radius 3 is 2.06 bits per heavy atom. The summed E-state index contributed by atoms with van der Waals surface area (Å²) in [5.74, 6) is 0.504. The fourth-order valence-corrected chi connectivity index (χ4v) is 1.70. The summed E-state index contributed by atoms with van der Waals surface area (Å²) in [6.45, 7) is 3.94. The first-order valence-corrected chi connectivity index (χ1v) is 5.06. The molecule has 0 saturated heterocycles. The van der Waals surface area contributed by atoms with Crippen molar-refractivity contribution in [3.63, 3.8) is 0 Å². The van der Waals surface area contributed by atoms with Crippen LogP contribution in [0.5, 0.6) is 5.75 Å². The maximum absolute atomic E-state index is 12.7. The van der Waals surface area contributed by atoms with E-state index in [0.29, 0.717) is 16.9 Å². The Labute approximate surface area is 98.0 Å². The predicted molar refractivity (Wildman–Crippen MR) is 58.1 cm³/mol. The predicted octanol–water partition coefficient (Wildman–Crippen LogP) is 3.08. The number of methoxy groups -OCH3 is 1. The van der Waals surface area contributed by atoms with Gasteiger partial charge in [0.15, 0.2) is 5.60 Å². The van der Waals surface area contributed by atoms with Crippen molar-refractivity contribution in [2.24, 2.45) is 0 Å². The Morgan fingerprint density at radius 2 is 1.65 bits per heavy atom. The van der Waals surface area contributed by atoms with Crippen LogP contribution in [-0.2, 0) is 5.60 Å². The van der Waals surface area contributed by atoms with Crippen LogP contribution in [0, 0.1) is 13.8 Å². The molecule has 1 rings (SSSR count). The fraction of sp³-hybridized carbons (Fsp3) is 0.500. The second-order valence-electron chi connectivity index (χ2n) is 4.14. The van der Waals surface area contributed by atoms with Gasteiger partial charge in [0.1, 0.15) is 5.75 Å². The standard InChI is InChI=1S/C12H15F3O2/c1-7-8(2)10(17-4)6-5-9(7)11(3,16)12(13,14)15/h5-6,16H,1-4H3. The van der Waals surface area contributed by atoms with Crippen molar-refractivity contribution in [1.29, 1.82) is 0 Å². The second kappa shape index (κ2) is 4.22. The van der Waals surface area contributed by atoms with E-state index < -0.39 is 11.8 Å². The van der Waals surface area contributed by atoms with Crippen LogP contribution >= 0.6 is 0 Å². The third kappa shape index (κ3) is 2.24. The van der Waals surface area contributed by atoms with Gasteiger partial charge in [0.2, 0.25) is 0 Å². The molecule has 0 radical (unpaired) electrons. The van der Waals surface area contributed by atoms with Crippen LogP contribution in [-0.4, -0.2) is 18.4 Å². The minimum Gasteiger partial charge on any atom is -0.496 e. The van der Waals surface area contributed by atoms with E-state index in [2.05, 4.69) is 0 Å². The summed E-state index contributed by atoms with van der Waals surface area (Å²) < 4.78 is 43.2. The second-order valence-corrected chi connectivity index (χ2v) is 4.14. The highest BCUT2D eigenvalue weighted by Gasteiger charge is 2.51. The number of aliphatic hydroxyl groups is 1. The van der Waals surface area contributed by atoms with Gasteiger partial charge in [0.25, 0.3) is 0 Å². The molecule has 0 fully saturated rings. The Bertz CT molecular complexity index is 422. The highest BCUT2D eigenvalue weighted by atomic mass is 19.4. The molecule has 96 valence electrons. The summed E-state index contributed by atoms with van der Waals surface area (Å²) in [5, 5.41) is 9.63. The van der Waals surface area contributed by atoms with Gasteiger partial charge in [-0.15, -0.1) is 0 Å². The van der Waals surface area contributed by atoms with E-state index in [9.17, 15) is 18.3 Å². The van der Waals surface area contributed by atoms with E-state index >= 15 is 0 Å². The van der Waals surface area contributed by atoms with Gasteiger partial charge in [0.05, 0.1) is 7.11 Å². The van der Waals surface area contributed by atoms with Gasteiger partial charge in [-0.3, -0.25) is 0 Å². The highest BCUT2D eigenvalue weighted by molar-refractivity contribution is 5.46. The van der Waals surface area contributed by atoms with E-state index in [1.54, 1.807) is 6.92 Å². The van der Waals surface area contributed by atoms with E-state index in [-0.39, 0.29) is 5.56 Å². The summed E-state index contributed by atoms with van der Waals surface area (Å²) >= 11 is 0. The van der Waals surface area contributed by atoms with Gasteiger partial charge in [-0.05, 0) is 43.5 Å². The van der Waals surface area contributed by atoms with Gasteiger partial charge < -0.3 is 9.84 Å². The largest absolute Gasteiger partial charge is 0.496 e. The van der Waals surface area contributed by atoms with Gasteiger partial charge >= 0.3 is 6.18 Å². The summed E-state index contributed by atoms with van der Waals surface area (Å²) in [7, 11) is 1.45. The van der Waals surface area contributed by atoms with Crippen LogP contribution in [0.25, 0.3) is 0 Å². The van der Waals surface area contributed by atoms with Crippen molar-refractivity contribution in [1.82, 2.24) is 0 Å². The third-order valence-electron chi connectivity index (χ3n) is 3.03. The van der Waals surface area contributed by atoms with Gasteiger partial charge in [-0.1, -0.05) is 6.07 Å². The number of alkyl halides is 3. The molecule has 2 nitrogen and oxygen atoms in total. The van der Waals surface area contributed by atoms with Crippen molar-refractivity contribution >= 4 is 0 Å². The van der Waals surface area contributed by atoms with Gasteiger partial charge in [0, 0.05) is 0 Å². The molecule has 0 aliphatic rings. The SMILES string of the molecule is COc1ccc(C(C)(O)C(F)(F)F)c(C)c1C. The molecule has 0 amide bonds. The highest BCUT2D eigenvalue weighted by Crippen LogP contribution is 2.41. The zero-order valence-corrected chi connectivity index (χ0v) is 10.1. The molecule has 1 N–H and O–H groups in total. The molecule has 0 heterocycles. The Hall–Kier alpha value is -1.23. The lowest BCUT2D eigenvalue weighted by atomic mass is 9.89. The molecule has 0 aliphatic heterocycles. The van der Waals surface area contributed by atoms with Crippen molar-refractivity contribution in [2.45, 2.75) is 32.5 Å². The first-order valence-electron chi connectivity index (χ1n) is 5.06. The van der Waals surface area contributed by atoms with Crippen LogP contribution < -0.4 is 4.74 Å². The van der Waals surface area contributed by atoms with Crippen molar-refractivity contribution < 1.29 is 23.0 Å². The summed E-state index contributed by atoms with van der Waals surface area (Å²) in [5.41, 5.74) is -2.03. The molecular weight excluding hydrogens is 233 g/mol. The average Bonchev–Trinajstić information content (AvgIpc) is 2.20. The quantitative estimate of drug-likeness (QED) is 0.871. The number of ether oxygens (including phenoxy) is 1. The first-order chi connectivity index (χ1) is 7.63. The van der Waals surface area contributed by atoms with Crippen LogP contribution in [0.15, 0.2) is 12.1 Å². The minimum atomic E-state index is -4.71. The molecular formula is C12H15F3O2. The Morgan fingerprint density at radius 1 is 1.12 bits per heavy atom. The number of hydrogen-bond acceptors (Lipinski definition) is 2. The molecule has 17 heavy (non-hydrogen) atoms. The lowest BCUT2D eigenvalue weighted by Crippen LogP contribution is -2.39. The average molecular weight is 248 g/mol. The topological polar surface area (TPSA) is 29.5 Å². The van der Waals surface area contributed by atoms with Gasteiger partial charge in [-0.25, -0.2) is 0 Å². The van der Waals surface area contributed by atoms with Crippen LogP contribution in [0.4, 0.5) is 13.2 Å². The van der Waals surface area contributed by atoms with E-state index in [1.807, 2.05) is 0 Å². The van der Waals surface area contributed by atoms with E-state index in [0.717, 1.165) is 6.92 Å². The maximum Gasteiger partial charge on any atom is 0.421 e. The molecule has 0 saturated carbocycles. The van der Waals surface area contributed by atoms with Crippen LogP contribution in [0.1, 0.15) is 23.6 Å². The van der Waals surface area contributed by atoms with E-state index in [1.165, 1.54) is 26.2 Å². The lowest BCUT2D eigenvalue weighted by molar-refractivity contribution is -0.259. The summed E-state index contributed by atoms with van der Waals surface area (Å²) in [6, 6.07) is 2.67. The minimum absolute atomic E-state index is 0.150. The molecule has 0 aliphatic carbocycles. The molecule has 1 aromatic carbocycles. The van der Waals surface area contributed by atoms with Gasteiger partial charge in [-0.2, -0.15) is 13.2 Å². The maximum atomic E-state index is 12.7. The van der Waals surface area contributed by atoms with Crippen molar-refractivity contribution in [3.05, 3.63) is 28.8 Å². The summed E-state index contributed by atoms with van der Waals surface area (Å²) in [6.07, 6.45) is -4.71. The van der Waals surface area contributed by atoms with E-state index in [4.69, 9.17) is 4.74 Å². The third-order valence-corrected chi connectivity index (χ3v) is 3.03. The molecule has 1 atom stereocenters. The summed E-state index contributed by atoms with van der Waals surface area (Å²) in [4.78, 5) is 0. The zero-order valence-electron chi connectivity index (χ0n) is 10.1. The molecule has 0 aromatic heterocycles. The van der Waals surface area contributed by atoms with Crippen LogP contribution in [0.2, 0.25) is 0 Å². The molecule has 5 heteroatoms. The monoisotopic (exact) mass is 248 g/mol. The number of benzene rings is 1. The number of rotatable bonds is 2. The van der Waals surface area contributed by atoms with Crippen molar-refractivity contribution in [2.75, 3.05) is 7.11 Å². The van der Waals surface area contributed by atoms with Crippen LogP contribution in [0.3, 0.4) is 0 Å². The number of hydrogen-bond donors (Lipinski definition) is 1. The normalized spacial score (nSPS) is 15.5. The number of halogens is 3. The Kier molecular flexibility index (Phi) is 3.43. The molecule has 0 bridgehead atoms. The zero-order chi connectivity index (χ0) is 13.4. The smallest absolute Gasteiger partial charge is 0.421 e. The molecule has 0 spiro atoms. The van der Waals surface area contributed by atoms with Crippen molar-refractivity contribution in [3.8, 4) is 5.75 Å². The lowest BCUT2D eigenvalue weighted by Gasteiger charge is -2.29. The molecule has 1 aromatic rings. The molecule has 1 unspecified atom stereocenters. The fourth-order valence-electron chi connectivity index (χ4n) is 1.70. The Balaban J connectivity index is 3.40.